The number of fused-ring (bicyclic) bond motifs is 1. The van der Waals surface area contributed by atoms with Gasteiger partial charge in [-0.3, -0.25) is 4.79 Å². The van der Waals surface area contributed by atoms with E-state index in [1.165, 1.54) is 18.4 Å². The average molecular weight is 242 g/mol. The van der Waals surface area contributed by atoms with Gasteiger partial charge in [0.15, 0.2) is 0 Å². The Morgan fingerprint density at radius 1 is 1.39 bits per heavy atom. The Morgan fingerprint density at radius 2 is 2.17 bits per heavy atom. The van der Waals surface area contributed by atoms with Gasteiger partial charge in [-0.2, -0.15) is 0 Å². The zero-order valence-corrected chi connectivity index (χ0v) is 10.8. The van der Waals surface area contributed by atoms with E-state index in [1.807, 2.05) is 12.1 Å². The van der Waals surface area contributed by atoms with Crippen molar-refractivity contribution in [2.75, 3.05) is 0 Å². The van der Waals surface area contributed by atoms with E-state index in [9.17, 15) is 4.79 Å². The van der Waals surface area contributed by atoms with Gasteiger partial charge in [-0.15, -0.1) is 0 Å². The maximum atomic E-state index is 12.1. The summed E-state index contributed by atoms with van der Waals surface area (Å²) in [6.45, 7) is 4.14. The van der Waals surface area contributed by atoms with Gasteiger partial charge >= 0.3 is 0 Å². The van der Waals surface area contributed by atoms with E-state index < -0.39 is 0 Å². The Bertz CT molecular complexity index is 596. The van der Waals surface area contributed by atoms with Crippen LogP contribution < -0.4 is 5.32 Å². The smallest absolute Gasteiger partial charge is 0.267 e. The molecule has 1 aliphatic rings. The van der Waals surface area contributed by atoms with Crippen molar-refractivity contribution in [1.82, 2.24) is 10.3 Å². The lowest BCUT2D eigenvalue weighted by Gasteiger charge is -2.11. The number of hydrogen-bond acceptors (Lipinski definition) is 1. The number of amides is 1. The largest absolute Gasteiger partial charge is 0.351 e. The number of nitrogens with one attached hydrogen (secondary N) is 2. The average Bonchev–Trinajstić information content (AvgIpc) is 3.09. The van der Waals surface area contributed by atoms with Crippen molar-refractivity contribution in [1.29, 1.82) is 0 Å². The van der Waals surface area contributed by atoms with Crippen molar-refractivity contribution in [3.8, 4) is 0 Å². The molecule has 94 valence electrons. The number of aromatic amines is 1. The number of benzene rings is 1. The van der Waals surface area contributed by atoms with Crippen LogP contribution in [0.1, 0.15) is 35.8 Å². The van der Waals surface area contributed by atoms with Crippen LogP contribution in [0.4, 0.5) is 0 Å². The molecule has 0 aliphatic heterocycles. The Balaban J connectivity index is 1.82. The van der Waals surface area contributed by atoms with Gasteiger partial charge in [0.25, 0.3) is 5.91 Å². The molecule has 1 unspecified atom stereocenters. The highest BCUT2D eigenvalue weighted by atomic mass is 16.1. The summed E-state index contributed by atoms with van der Waals surface area (Å²) in [7, 11) is 0. The third-order valence-electron chi connectivity index (χ3n) is 3.71. The highest BCUT2D eigenvalue weighted by Gasteiger charge is 2.29. The van der Waals surface area contributed by atoms with E-state index in [0.717, 1.165) is 10.9 Å². The minimum atomic E-state index is 0.00301. The topological polar surface area (TPSA) is 44.9 Å². The molecular formula is C15H18N2O. The first-order chi connectivity index (χ1) is 8.63. The lowest BCUT2D eigenvalue weighted by molar-refractivity contribution is 0.0931. The van der Waals surface area contributed by atoms with Gasteiger partial charge < -0.3 is 10.3 Å². The zero-order chi connectivity index (χ0) is 12.7. The predicted octanol–water partition coefficient (Wildman–Crippen LogP) is 3.00. The van der Waals surface area contributed by atoms with E-state index >= 15 is 0 Å². The molecule has 0 radical (unpaired) electrons. The SMILES string of the molecule is Cc1ccc2cc(C(=O)NC(C)C3CC3)[nH]c2c1. The molecule has 1 saturated carbocycles. The number of hydrogen-bond donors (Lipinski definition) is 2. The van der Waals surface area contributed by atoms with Gasteiger partial charge in [-0.05, 0) is 50.3 Å². The first kappa shape index (κ1) is 11.3. The van der Waals surface area contributed by atoms with Crippen molar-refractivity contribution < 1.29 is 4.79 Å². The second-order valence-electron chi connectivity index (χ2n) is 5.37. The molecule has 18 heavy (non-hydrogen) atoms. The number of rotatable bonds is 3. The van der Waals surface area contributed by atoms with Crippen LogP contribution in [0.2, 0.25) is 0 Å². The van der Waals surface area contributed by atoms with E-state index in [2.05, 4.69) is 36.3 Å². The van der Waals surface area contributed by atoms with E-state index in [-0.39, 0.29) is 11.9 Å². The molecule has 2 N–H and O–H groups in total. The number of carbonyl (C=O) groups is 1. The molecule has 1 fully saturated rings. The monoisotopic (exact) mass is 242 g/mol. The zero-order valence-electron chi connectivity index (χ0n) is 10.8. The number of aryl methyl sites for hydroxylation is 1. The van der Waals surface area contributed by atoms with Crippen LogP contribution in [0.3, 0.4) is 0 Å². The molecular weight excluding hydrogens is 224 g/mol. The predicted molar refractivity (Wildman–Crippen MR) is 72.7 cm³/mol. The molecule has 1 amide bonds. The van der Waals surface area contributed by atoms with Crippen molar-refractivity contribution in [2.24, 2.45) is 5.92 Å². The summed E-state index contributed by atoms with van der Waals surface area (Å²) in [5.41, 5.74) is 2.88. The molecule has 0 bridgehead atoms. The third kappa shape index (κ3) is 2.13. The summed E-state index contributed by atoms with van der Waals surface area (Å²) < 4.78 is 0. The molecule has 2 aromatic rings. The van der Waals surface area contributed by atoms with E-state index in [4.69, 9.17) is 0 Å². The van der Waals surface area contributed by atoms with Gasteiger partial charge in [-0.25, -0.2) is 0 Å². The fourth-order valence-electron chi connectivity index (χ4n) is 2.36. The molecule has 3 rings (SSSR count). The summed E-state index contributed by atoms with van der Waals surface area (Å²) in [5.74, 6) is 0.684. The summed E-state index contributed by atoms with van der Waals surface area (Å²) in [6.07, 6.45) is 2.49. The molecule has 1 aromatic heterocycles. The maximum Gasteiger partial charge on any atom is 0.267 e. The standard InChI is InChI=1S/C15H18N2O/c1-9-3-4-12-8-14(17-13(12)7-9)15(18)16-10(2)11-5-6-11/h3-4,7-8,10-11,17H,5-6H2,1-2H3,(H,16,18). The summed E-state index contributed by atoms with van der Waals surface area (Å²) >= 11 is 0. The molecule has 1 atom stereocenters. The molecule has 3 heteroatoms. The van der Waals surface area contributed by atoms with Crippen LogP contribution in [0.15, 0.2) is 24.3 Å². The summed E-state index contributed by atoms with van der Waals surface area (Å²) in [6, 6.07) is 8.37. The highest BCUT2D eigenvalue weighted by Crippen LogP contribution is 2.32. The van der Waals surface area contributed by atoms with Gasteiger partial charge in [0.1, 0.15) is 5.69 Å². The van der Waals surface area contributed by atoms with Crippen LogP contribution in [-0.2, 0) is 0 Å². The lowest BCUT2D eigenvalue weighted by Crippen LogP contribution is -2.34. The van der Waals surface area contributed by atoms with Crippen LogP contribution in [0.5, 0.6) is 0 Å². The normalized spacial score (nSPS) is 16.8. The second-order valence-corrected chi connectivity index (χ2v) is 5.37. The van der Waals surface area contributed by atoms with Crippen molar-refractivity contribution in [2.45, 2.75) is 32.7 Å². The number of carbonyl (C=O) groups excluding carboxylic acids is 1. The van der Waals surface area contributed by atoms with Gasteiger partial charge in [0.2, 0.25) is 0 Å². The van der Waals surface area contributed by atoms with Crippen LogP contribution in [0, 0.1) is 12.8 Å². The molecule has 1 aliphatic carbocycles. The van der Waals surface area contributed by atoms with E-state index in [0.29, 0.717) is 11.6 Å². The number of aromatic nitrogens is 1. The van der Waals surface area contributed by atoms with Crippen molar-refractivity contribution >= 4 is 16.8 Å². The van der Waals surface area contributed by atoms with Gasteiger partial charge in [-0.1, -0.05) is 12.1 Å². The summed E-state index contributed by atoms with van der Waals surface area (Å²) in [4.78, 5) is 15.3. The Morgan fingerprint density at radius 3 is 2.89 bits per heavy atom. The fraction of sp³-hybridized carbons (Fsp3) is 0.400. The fourth-order valence-corrected chi connectivity index (χ4v) is 2.36. The van der Waals surface area contributed by atoms with Crippen molar-refractivity contribution in [3.05, 3.63) is 35.5 Å². The maximum absolute atomic E-state index is 12.1. The van der Waals surface area contributed by atoms with Crippen LogP contribution in [-0.4, -0.2) is 16.9 Å². The van der Waals surface area contributed by atoms with Crippen LogP contribution in [0.25, 0.3) is 10.9 Å². The highest BCUT2D eigenvalue weighted by molar-refractivity contribution is 5.98. The van der Waals surface area contributed by atoms with Gasteiger partial charge in [0.05, 0.1) is 0 Å². The second kappa shape index (κ2) is 4.16. The Kier molecular flexibility index (Phi) is 2.62. The first-order valence-electron chi connectivity index (χ1n) is 6.54. The third-order valence-corrected chi connectivity index (χ3v) is 3.71. The van der Waals surface area contributed by atoms with Crippen molar-refractivity contribution in [3.63, 3.8) is 0 Å². The minimum Gasteiger partial charge on any atom is -0.351 e. The molecule has 1 aromatic carbocycles. The lowest BCUT2D eigenvalue weighted by atomic mass is 10.2. The molecule has 1 heterocycles. The van der Waals surface area contributed by atoms with Crippen LogP contribution >= 0.6 is 0 Å². The Hall–Kier alpha value is -1.77. The molecule has 0 saturated heterocycles. The van der Waals surface area contributed by atoms with E-state index in [1.54, 1.807) is 0 Å². The summed E-state index contributed by atoms with van der Waals surface area (Å²) in [5, 5.41) is 4.15. The Labute approximate surface area is 107 Å². The quantitative estimate of drug-likeness (QED) is 0.853. The first-order valence-corrected chi connectivity index (χ1v) is 6.54. The molecule has 0 spiro atoms. The van der Waals surface area contributed by atoms with Gasteiger partial charge in [0, 0.05) is 16.9 Å². The number of H-pyrrole nitrogens is 1. The minimum absolute atomic E-state index is 0.00301. The molecule has 3 nitrogen and oxygen atoms in total.